The Morgan fingerprint density at radius 1 is 1.50 bits per heavy atom. The summed E-state index contributed by atoms with van der Waals surface area (Å²) in [6, 6.07) is 4.49. The third-order valence-electron chi connectivity index (χ3n) is 2.15. The fourth-order valence-electron chi connectivity index (χ4n) is 1.31. The molecule has 0 aliphatic carbocycles. The lowest BCUT2D eigenvalue weighted by Crippen LogP contribution is -2.01. The second-order valence-corrected chi connectivity index (χ2v) is 4.92. The van der Waals surface area contributed by atoms with Gasteiger partial charge in [0, 0.05) is 17.1 Å². The van der Waals surface area contributed by atoms with Crippen LogP contribution in [0.4, 0.5) is 4.39 Å². The first kappa shape index (κ1) is 11.5. The van der Waals surface area contributed by atoms with Crippen molar-refractivity contribution in [3.8, 4) is 10.6 Å². The van der Waals surface area contributed by atoms with Gasteiger partial charge in [-0.05, 0) is 19.1 Å². The molecule has 2 rings (SSSR count). The highest BCUT2D eigenvalue weighted by molar-refractivity contribution is 7.15. The SMILES string of the molecule is CC(N)c1cnc(-c2c(F)cccc2Cl)s1. The maximum Gasteiger partial charge on any atom is 0.134 e. The molecule has 16 heavy (non-hydrogen) atoms. The topological polar surface area (TPSA) is 38.9 Å². The molecule has 0 saturated heterocycles. The summed E-state index contributed by atoms with van der Waals surface area (Å²) in [4.78, 5) is 5.05. The van der Waals surface area contributed by atoms with Crippen LogP contribution in [-0.2, 0) is 0 Å². The summed E-state index contributed by atoms with van der Waals surface area (Å²) in [5.74, 6) is -0.363. The number of rotatable bonds is 2. The molecule has 0 aliphatic heterocycles. The van der Waals surface area contributed by atoms with Crippen LogP contribution < -0.4 is 5.73 Å². The quantitative estimate of drug-likeness (QED) is 0.891. The summed E-state index contributed by atoms with van der Waals surface area (Å²) in [5.41, 5.74) is 6.07. The molecular formula is C11H10ClFN2S. The summed E-state index contributed by atoms with van der Waals surface area (Å²) in [7, 11) is 0. The van der Waals surface area contributed by atoms with Crippen molar-refractivity contribution in [2.45, 2.75) is 13.0 Å². The second-order valence-electron chi connectivity index (χ2n) is 3.45. The van der Waals surface area contributed by atoms with Crippen LogP contribution in [0, 0.1) is 5.82 Å². The molecule has 1 atom stereocenters. The van der Waals surface area contributed by atoms with Gasteiger partial charge in [0.2, 0.25) is 0 Å². The first-order valence-corrected chi connectivity index (χ1v) is 5.94. The number of aromatic nitrogens is 1. The number of nitrogens with zero attached hydrogens (tertiary/aromatic N) is 1. The number of nitrogens with two attached hydrogens (primary N) is 1. The van der Waals surface area contributed by atoms with E-state index in [9.17, 15) is 4.39 Å². The van der Waals surface area contributed by atoms with Crippen LogP contribution in [0.3, 0.4) is 0 Å². The second kappa shape index (κ2) is 4.49. The number of thiazole rings is 1. The van der Waals surface area contributed by atoms with Gasteiger partial charge in [0.1, 0.15) is 10.8 Å². The van der Waals surface area contributed by atoms with Gasteiger partial charge in [-0.25, -0.2) is 9.37 Å². The van der Waals surface area contributed by atoms with Crippen LogP contribution in [0.15, 0.2) is 24.4 Å². The van der Waals surface area contributed by atoms with Crippen molar-refractivity contribution in [3.05, 3.63) is 40.1 Å². The largest absolute Gasteiger partial charge is 0.323 e. The lowest BCUT2D eigenvalue weighted by molar-refractivity contribution is 0.631. The Bertz CT molecular complexity index is 490. The normalized spacial score (nSPS) is 12.8. The molecule has 2 nitrogen and oxygen atoms in total. The first-order valence-electron chi connectivity index (χ1n) is 4.75. The molecule has 1 aromatic carbocycles. The lowest BCUT2D eigenvalue weighted by atomic mass is 10.2. The molecule has 84 valence electrons. The summed E-state index contributed by atoms with van der Waals surface area (Å²) in [6.45, 7) is 1.86. The van der Waals surface area contributed by atoms with Gasteiger partial charge < -0.3 is 5.73 Å². The third-order valence-corrected chi connectivity index (χ3v) is 3.68. The van der Waals surface area contributed by atoms with E-state index in [1.807, 2.05) is 6.92 Å². The molecule has 0 amide bonds. The van der Waals surface area contributed by atoms with Crippen LogP contribution in [0.1, 0.15) is 17.8 Å². The van der Waals surface area contributed by atoms with Gasteiger partial charge in [0.05, 0.1) is 10.6 Å². The van der Waals surface area contributed by atoms with Crippen LogP contribution in [0.25, 0.3) is 10.6 Å². The Kier molecular flexibility index (Phi) is 3.23. The zero-order valence-electron chi connectivity index (χ0n) is 8.58. The highest BCUT2D eigenvalue weighted by Crippen LogP contribution is 2.34. The van der Waals surface area contributed by atoms with E-state index in [0.29, 0.717) is 15.6 Å². The van der Waals surface area contributed by atoms with Gasteiger partial charge in [0.25, 0.3) is 0 Å². The minimum absolute atomic E-state index is 0.100. The van der Waals surface area contributed by atoms with Crippen LogP contribution >= 0.6 is 22.9 Å². The third kappa shape index (κ3) is 2.09. The summed E-state index contributed by atoms with van der Waals surface area (Å²) in [6.07, 6.45) is 1.66. The maximum atomic E-state index is 13.6. The van der Waals surface area contributed by atoms with Crippen molar-refractivity contribution in [2.24, 2.45) is 5.73 Å². The van der Waals surface area contributed by atoms with Gasteiger partial charge in [-0.3, -0.25) is 0 Å². The van der Waals surface area contributed by atoms with Gasteiger partial charge in [0.15, 0.2) is 0 Å². The molecule has 0 aliphatic rings. The zero-order valence-corrected chi connectivity index (χ0v) is 10.1. The van der Waals surface area contributed by atoms with E-state index < -0.39 is 0 Å². The van der Waals surface area contributed by atoms with Crippen molar-refractivity contribution in [2.75, 3.05) is 0 Å². The van der Waals surface area contributed by atoms with E-state index in [0.717, 1.165) is 4.88 Å². The van der Waals surface area contributed by atoms with E-state index in [4.69, 9.17) is 17.3 Å². The molecular weight excluding hydrogens is 247 g/mol. The van der Waals surface area contributed by atoms with Crippen LogP contribution in [-0.4, -0.2) is 4.98 Å². The summed E-state index contributed by atoms with van der Waals surface area (Å²) >= 11 is 7.31. The van der Waals surface area contributed by atoms with Gasteiger partial charge >= 0.3 is 0 Å². The standard InChI is InChI=1S/C11H10ClFN2S/c1-6(14)9-5-15-11(16-9)10-7(12)3-2-4-8(10)13/h2-6H,14H2,1H3. The van der Waals surface area contributed by atoms with E-state index in [1.54, 1.807) is 18.3 Å². The molecule has 0 saturated carbocycles. The monoisotopic (exact) mass is 256 g/mol. The molecule has 0 spiro atoms. The van der Waals surface area contributed by atoms with Gasteiger partial charge in [-0.2, -0.15) is 0 Å². The Balaban J connectivity index is 2.50. The minimum atomic E-state index is -0.363. The smallest absolute Gasteiger partial charge is 0.134 e. The predicted octanol–water partition coefficient (Wildman–Crippen LogP) is 3.62. The van der Waals surface area contributed by atoms with Crippen molar-refractivity contribution < 1.29 is 4.39 Å². The summed E-state index contributed by atoms with van der Waals surface area (Å²) < 4.78 is 13.6. The Morgan fingerprint density at radius 3 is 2.81 bits per heavy atom. The zero-order chi connectivity index (χ0) is 11.7. The highest BCUT2D eigenvalue weighted by atomic mass is 35.5. The lowest BCUT2D eigenvalue weighted by Gasteiger charge is -2.01. The van der Waals surface area contributed by atoms with E-state index >= 15 is 0 Å². The molecule has 0 radical (unpaired) electrons. The van der Waals surface area contributed by atoms with Gasteiger partial charge in [-0.1, -0.05) is 17.7 Å². The number of halogens is 2. The summed E-state index contributed by atoms with van der Waals surface area (Å²) in [5, 5.41) is 0.931. The Hall–Kier alpha value is -0.970. The van der Waals surface area contributed by atoms with Gasteiger partial charge in [-0.15, -0.1) is 11.3 Å². The fraction of sp³-hybridized carbons (Fsp3) is 0.182. The maximum absolute atomic E-state index is 13.6. The number of hydrogen-bond acceptors (Lipinski definition) is 3. The van der Waals surface area contributed by atoms with Crippen molar-refractivity contribution in [1.82, 2.24) is 4.98 Å². The Morgan fingerprint density at radius 2 is 2.25 bits per heavy atom. The molecule has 2 aromatic rings. The minimum Gasteiger partial charge on any atom is -0.323 e. The predicted molar refractivity (Wildman–Crippen MR) is 65.1 cm³/mol. The van der Waals surface area contributed by atoms with Crippen molar-refractivity contribution in [1.29, 1.82) is 0 Å². The molecule has 1 aromatic heterocycles. The molecule has 1 heterocycles. The highest BCUT2D eigenvalue weighted by Gasteiger charge is 2.14. The molecule has 0 bridgehead atoms. The first-order chi connectivity index (χ1) is 7.59. The number of benzene rings is 1. The Labute approximate surface area is 102 Å². The fourth-order valence-corrected chi connectivity index (χ4v) is 2.55. The molecule has 1 unspecified atom stereocenters. The van der Waals surface area contributed by atoms with Crippen molar-refractivity contribution >= 4 is 22.9 Å². The molecule has 2 N–H and O–H groups in total. The number of hydrogen-bond donors (Lipinski definition) is 1. The molecule has 0 fully saturated rings. The van der Waals surface area contributed by atoms with E-state index in [2.05, 4.69) is 4.98 Å². The van der Waals surface area contributed by atoms with Crippen LogP contribution in [0.5, 0.6) is 0 Å². The van der Waals surface area contributed by atoms with E-state index in [-0.39, 0.29) is 11.9 Å². The van der Waals surface area contributed by atoms with E-state index in [1.165, 1.54) is 17.4 Å². The average molecular weight is 257 g/mol. The average Bonchev–Trinajstić information content (AvgIpc) is 2.66. The van der Waals surface area contributed by atoms with Crippen LogP contribution in [0.2, 0.25) is 5.02 Å². The van der Waals surface area contributed by atoms with Crippen molar-refractivity contribution in [3.63, 3.8) is 0 Å². The molecule has 5 heteroatoms.